The molecule has 0 spiro atoms. The maximum Gasteiger partial charge on any atom is 0.329 e. The minimum Gasteiger partial charge on any atom is -0.330 e. The van der Waals surface area contributed by atoms with Crippen LogP contribution in [-0.2, 0) is 32.1 Å². The van der Waals surface area contributed by atoms with Gasteiger partial charge in [0.05, 0.1) is 0 Å². The van der Waals surface area contributed by atoms with Crippen molar-refractivity contribution < 1.29 is 4.79 Å². The van der Waals surface area contributed by atoms with Crippen molar-refractivity contribution in [3.05, 3.63) is 58.1 Å². The first-order valence-corrected chi connectivity index (χ1v) is 10.3. The number of aryl methyl sites for hydroxylation is 2. The molecule has 0 aromatic heterocycles. The van der Waals surface area contributed by atoms with Crippen LogP contribution in [-0.4, -0.2) is 12.6 Å². The number of amides is 2. The Morgan fingerprint density at radius 3 is 2.27 bits per heavy atom. The van der Waals surface area contributed by atoms with E-state index < -0.39 is 0 Å². The van der Waals surface area contributed by atoms with Gasteiger partial charge in [-0.1, -0.05) is 18.2 Å². The summed E-state index contributed by atoms with van der Waals surface area (Å²) in [5.41, 5.74) is 13.5. The Morgan fingerprint density at radius 2 is 1.65 bits per heavy atom. The number of carbonyl (C=O) groups is 1. The SMILES string of the molecule is NCCc1ccc(SNC(=O)Nc2c3c(cc4c2CCC4)CCC3)cc1. The number of rotatable bonds is 5. The first kappa shape index (κ1) is 17.4. The number of nitrogens with two attached hydrogens (primary N) is 1. The lowest BCUT2D eigenvalue weighted by Crippen LogP contribution is -2.24. The molecule has 0 saturated heterocycles. The fourth-order valence-electron chi connectivity index (χ4n) is 4.10. The molecule has 2 aliphatic carbocycles. The van der Waals surface area contributed by atoms with Crippen LogP contribution >= 0.6 is 11.9 Å². The number of hydrogen-bond donors (Lipinski definition) is 3. The number of nitrogens with one attached hydrogen (secondary N) is 2. The minimum atomic E-state index is -0.143. The van der Waals surface area contributed by atoms with Crippen molar-refractivity contribution in [3.63, 3.8) is 0 Å². The molecule has 5 heteroatoms. The Labute approximate surface area is 159 Å². The topological polar surface area (TPSA) is 67.1 Å². The van der Waals surface area contributed by atoms with Crippen molar-refractivity contribution in [1.82, 2.24) is 4.72 Å². The average Bonchev–Trinajstić information content (AvgIpc) is 3.30. The largest absolute Gasteiger partial charge is 0.330 e. The van der Waals surface area contributed by atoms with Crippen molar-refractivity contribution >= 4 is 23.7 Å². The Balaban J connectivity index is 1.43. The molecule has 4 nitrogen and oxygen atoms in total. The van der Waals surface area contributed by atoms with Gasteiger partial charge in [-0.3, -0.25) is 4.72 Å². The number of hydrogen-bond acceptors (Lipinski definition) is 3. The standard InChI is InChI=1S/C21H25N3OS/c22-12-11-14-7-9-17(10-8-14)26-24-21(25)23-20-18-5-1-3-15(18)13-16-4-2-6-19(16)20/h7-10,13H,1-6,11-12,22H2,(H2,23,24,25). The van der Waals surface area contributed by atoms with Gasteiger partial charge < -0.3 is 11.1 Å². The molecule has 2 aliphatic rings. The highest BCUT2D eigenvalue weighted by Gasteiger charge is 2.24. The number of anilines is 1. The molecular formula is C21H25N3OS. The van der Waals surface area contributed by atoms with E-state index in [9.17, 15) is 4.79 Å². The molecular weight excluding hydrogens is 342 g/mol. The van der Waals surface area contributed by atoms with Crippen molar-refractivity contribution in [2.45, 2.75) is 49.8 Å². The van der Waals surface area contributed by atoms with Crippen LogP contribution in [0, 0.1) is 0 Å². The first-order valence-electron chi connectivity index (χ1n) is 9.44. The summed E-state index contributed by atoms with van der Waals surface area (Å²) in [4.78, 5) is 13.5. The number of urea groups is 1. The van der Waals surface area contributed by atoms with Crippen LogP contribution in [0.25, 0.3) is 0 Å². The molecule has 4 N–H and O–H groups in total. The van der Waals surface area contributed by atoms with E-state index in [0.29, 0.717) is 6.54 Å². The lowest BCUT2D eigenvalue weighted by molar-refractivity contribution is 0.257. The van der Waals surface area contributed by atoms with Gasteiger partial charge in [-0.2, -0.15) is 0 Å². The van der Waals surface area contributed by atoms with Crippen molar-refractivity contribution in [3.8, 4) is 0 Å². The summed E-state index contributed by atoms with van der Waals surface area (Å²) in [6.07, 6.45) is 7.70. The molecule has 4 rings (SSSR count). The second kappa shape index (κ2) is 7.72. The Bertz CT molecular complexity index is 785. The highest BCUT2D eigenvalue weighted by atomic mass is 32.2. The fourth-order valence-corrected chi connectivity index (χ4v) is 4.64. The fraction of sp³-hybridized carbons (Fsp3) is 0.381. The maximum atomic E-state index is 12.5. The average molecular weight is 368 g/mol. The lowest BCUT2D eigenvalue weighted by Gasteiger charge is -2.16. The Morgan fingerprint density at radius 1 is 1.00 bits per heavy atom. The van der Waals surface area contributed by atoms with E-state index in [2.05, 4.69) is 28.2 Å². The van der Waals surface area contributed by atoms with Gasteiger partial charge in [-0.05, 0) is 103 Å². The van der Waals surface area contributed by atoms with Crippen LogP contribution in [0.15, 0.2) is 35.2 Å². The van der Waals surface area contributed by atoms with E-state index in [1.165, 1.54) is 52.6 Å². The predicted octanol–water partition coefficient (Wildman–Crippen LogP) is 3.99. The third-order valence-corrected chi connectivity index (χ3v) is 6.12. The van der Waals surface area contributed by atoms with Crippen molar-refractivity contribution in [1.29, 1.82) is 0 Å². The highest BCUT2D eigenvalue weighted by molar-refractivity contribution is 7.98. The summed E-state index contributed by atoms with van der Waals surface area (Å²) in [6, 6.07) is 10.4. The van der Waals surface area contributed by atoms with Gasteiger partial charge in [-0.15, -0.1) is 0 Å². The molecule has 26 heavy (non-hydrogen) atoms. The number of carbonyl (C=O) groups excluding carboxylic acids is 1. The van der Waals surface area contributed by atoms with Gasteiger partial charge in [0.1, 0.15) is 0 Å². The molecule has 2 amide bonds. The van der Waals surface area contributed by atoms with Crippen LogP contribution in [0.4, 0.5) is 10.5 Å². The monoisotopic (exact) mass is 367 g/mol. The molecule has 2 aromatic rings. The lowest BCUT2D eigenvalue weighted by atomic mass is 9.99. The zero-order valence-corrected chi connectivity index (χ0v) is 15.8. The first-order chi connectivity index (χ1) is 12.7. The van der Waals surface area contributed by atoms with E-state index >= 15 is 0 Å². The smallest absolute Gasteiger partial charge is 0.329 e. The van der Waals surface area contributed by atoms with Gasteiger partial charge in [0.15, 0.2) is 0 Å². The van der Waals surface area contributed by atoms with E-state index in [1.807, 2.05) is 12.1 Å². The van der Waals surface area contributed by atoms with Gasteiger partial charge in [0.25, 0.3) is 0 Å². The summed E-state index contributed by atoms with van der Waals surface area (Å²) >= 11 is 1.35. The normalized spacial score (nSPS) is 14.8. The molecule has 2 aromatic carbocycles. The van der Waals surface area contributed by atoms with Crippen LogP contribution < -0.4 is 15.8 Å². The third kappa shape index (κ3) is 3.60. The zero-order valence-electron chi connectivity index (χ0n) is 14.9. The number of fused-ring (bicyclic) bond motifs is 2. The second-order valence-electron chi connectivity index (χ2n) is 7.07. The summed E-state index contributed by atoms with van der Waals surface area (Å²) in [6.45, 7) is 0.652. The Hall–Kier alpha value is -1.98. The molecule has 0 bridgehead atoms. The van der Waals surface area contributed by atoms with Crippen molar-refractivity contribution in [2.24, 2.45) is 5.73 Å². The van der Waals surface area contributed by atoms with Crippen molar-refractivity contribution in [2.75, 3.05) is 11.9 Å². The second-order valence-corrected chi connectivity index (χ2v) is 7.95. The predicted molar refractivity (Wildman–Crippen MR) is 108 cm³/mol. The quantitative estimate of drug-likeness (QED) is 0.700. The molecule has 0 fully saturated rings. The van der Waals surface area contributed by atoms with Crippen LogP contribution in [0.5, 0.6) is 0 Å². The minimum absolute atomic E-state index is 0.143. The molecule has 0 aliphatic heterocycles. The van der Waals surface area contributed by atoms with Gasteiger partial charge in [-0.25, -0.2) is 4.79 Å². The zero-order chi connectivity index (χ0) is 17.9. The Kier molecular flexibility index (Phi) is 5.18. The number of benzene rings is 2. The van der Waals surface area contributed by atoms with E-state index in [-0.39, 0.29) is 6.03 Å². The third-order valence-electron chi connectivity index (χ3n) is 5.33. The van der Waals surface area contributed by atoms with E-state index in [1.54, 1.807) is 0 Å². The van der Waals surface area contributed by atoms with E-state index in [4.69, 9.17) is 5.73 Å². The van der Waals surface area contributed by atoms with Gasteiger partial charge in [0, 0.05) is 10.6 Å². The van der Waals surface area contributed by atoms with Gasteiger partial charge >= 0.3 is 6.03 Å². The summed E-state index contributed by atoms with van der Waals surface area (Å²) in [5.74, 6) is 0. The van der Waals surface area contributed by atoms with Crippen LogP contribution in [0.1, 0.15) is 40.7 Å². The van der Waals surface area contributed by atoms with Crippen LogP contribution in [0.3, 0.4) is 0 Å². The van der Waals surface area contributed by atoms with Crippen LogP contribution in [0.2, 0.25) is 0 Å². The molecule has 0 radical (unpaired) electrons. The molecule has 0 atom stereocenters. The molecule has 0 saturated carbocycles. The summed E-state index contributed by atoms with van der Waals surface area (Å²) in [5, 5.41) is 3.16. The molecule has 136 valence electrons. The van der Waals surface area contributed by atoms with E-state index in [0.717, 1.165) is 42.7 Å². The maximum absolute atomic E-state index is 12.5. The highest BCUT2D eigenvalue weighted by Crippen LogP contribution is 2.38. The van der Waals surface area contributed by atoms with Gasteiger partial charge in [0.2, 0.25) is 0 Å². The molecule has 0 unspecified atom stereocenters. The summed E-state index contributed by atoms with van der Waals surface area (Å²) in [7, 11) is 0. The summed E-state index contributed by atoms with van der Waals surface area (Å²) < 4.78 is 2.92. The molecule has 0 heterocycles.